The zero-order chi connectivity index (χ0) is 26.5. The average molecular weight is 501 g/mol. The van der Waals surface area contributed by atoms with Gasteiger partial charge in [0.1, 0.15) is 17.6 Å². The predicted octanol–water partition coefficient (Wildman–Crippen LogP) is 4.00. The van der Waals surface area contributed by atoms with E-state index >= 15 is 0 Å². The number of methoxy groups -OCH3 is 1. The molecule has 2 heterocycles. The zero-order valence-corrected chi connectivity index (χ0v) is 21.8. The first-order valence-electron chi connectivity index (χ1n) is 11.8. The fraction of sp³-hybridized carbons (Fsp3) is 0.259. The Kier molecular flexibility index (Phi) is 7.69. The molecule has 192 valence electrons. The van der Waals surface area contributed by atoms with Gasteiger partial charge in [0.05, 0.1) is 30.4 Å². The molecule has 0 fully saturated rings. The highest BCUT2D eigenvalue weighted by molar-refractivity contribution is 6.02. The Hall–Kier alpha value is -4.44. The average Bonchev–Trinajstić information content (AvgIpc) is 3.31. The number of fused-ring (bicyclic) bond motifs is 1. The molecule has 4 rings (SSSR count). The van der Waals surface area contributed by atoms with Gasteiger partial charge >= 0.3 is 0 Å². The smallest absolute Gasteiger partial charge is 0.247 e. The zero-order valence-electron chi connectivity index (χ0n) is 21.8. The number of benzene rings is 2. The van der Waals surface area contributed by atoms with Gasteiger partial charge in [-0.05, 0) is 45.3 Å². The molecule has 4 aromatic rings. The van der Waals surface area contributed by atoms with Crippen LogP contribution in [0.25, 0.3) is 16.9 Å². The van der Waals surface area contributed by atoms with Crippen LogP contribution in [0.2, 0.25) is 0 Å². The lowest BCUT2D eigenvalue weighted by Gasteiger charge is -2.25. The van der Waals surface area contributed by atoms with Gasteiger partial charge in [0.15, 0.2) is 5.65 Å². The number of nitrogens with one attached hydrogen (secondary N) is 2. The summed E-state index contributed by atoms with van der Waals surface area (Å²) in [5.41, 5.74) is 5.50. The third-order valence-corrected chi connectivity index (χ3v) is 5.90. The molecule has 0 saturated heterocycles. The first-order chi connectivity index (χ1) is 17.8. The van der Waals surface area contributed by atoms with Crippen molar-refractivity contribution in [2.45, 2.75) is 6.92 Å². The lowest BCUT2D eigenvalue weighted by molar-refractivity contribution is -0.111. The summed E-state index contributed by atoms with van der Waals surface area (Å²) < 4.78 is 7.61. The molecule has 0 aliphatic carbocycles. The third kappa shape index (κ3) is 5.87. The molecule has 37 heavy (non-hydrogen) atoms. The fourth-order valence-electron chi connectivity index (χ4n) is 3.79. The van der Waals surface area contributed by atoms with Gasteiger partial charge in [-0.2, -0.15) is 4.98 Å². The number of nitrogens with zero attached hydrogens (tertiary/aromatic N) is 6. The second-order valence-electron chi connectivity index (χ2n) is 8.97. The standard InChI is InChI=1S/C27H32N8O2/c1-7-25(36)30-20-14-21(24(37-6)15-23(20)34(5)13-12-33(3)4)31-27-28-16-22-26(32-27)35(17-29-22)19-10-8-18(2)9-11-19/h7-11,14-17H,1,12-13H2,2-6H3,(H,30,36)(H,28,31,32). The summed E-state index contributed by atoms with van der Waals surface area (Å²) in [7, 11) is 7.60. The van der Waals surface area contributed by atoms with Crippen molar-refractivity contribution in [3.05, 3.63) is 67.1 Å². The molecule has 0 aliphatic heterocycles. The van der Waals surface area contributed by atoms with E-state index in [9.17, 15) is 4.79 Å². The Morgan fingerprint density at radius 3 is 2.54 bits per heavy atom. The maximum absolute atomic E-state index is 12.2. The Bertz CT molecular complexity index is 1410. The van der Waals surface area contributed by atoms with Crippen LogP contribution in [0.1, 0.15) is 5.56 Å². The molecule has 2 N–H and O–H groups in total. The minimum absolute atomic E-state index is 0.307. The summed E-state index contributed by atoms with van der Waals surface area (Å²) >= 11 is 0. The Balaban J connectivity index is 1.71. The lowest BCUT2D eigenvalue weighted by atomic mass is 10.2. The maximum atomic E-state index is 12.2. The summed E-state index contributed by atoms with van der Waals surface area (Å²) in [5.74, 6) is 0.645. The highest BCUT2D eigenvalue weighted by Crippen LogP contribution is 2.38. The van der Waals surface area contributed by atoms with Crippen molar-refractivity contribution in [1.82, 2.24) is 24.4 Å². The SMILES string of the molecule is C=CC(=O)Nc1cc(Nc2ncc3ncn(-c4ccc(C)cc4)c3n2)c(OC)cc1N(C)CCN(C)C. The molecule has 0 bridgehead atoms. The molecule has 10 nitrogen and oxygen atoms in total. The largest absolute Gasteiger partial charge is 0.494 e. The summed E-state index contributed by atoms with van der Waals surface area (Å²) in [4.78, 5) is 30.0. The molecule has 0 atom stereocenters. The van der Waals surface area contributed by atoms with Crippen molar-refractivity contribution in [1.29, 1.82) is 0 Å². The van der Waals surface area contributed by atoms with E-state index in [-0.39, 0.29) is 5.91 Å². The van der Waals surface area contributed by atoms with Gasteiger partial charge in [0.2, 0.25) is 11.9 Å². The number of hydrogen-bond donors (Lipinski definition) is 2. The number of carbonyl (C=O) groups excluding carboxylic acids is 1. The summed E-state index contributed by atoms with van der Waals surface area (Å²) in [5, 5.41) is 6.15. The summed E-state index contributed by atoms with van der Waals surface area (Å²) in [6, 6.07) is 11.8. The number of ether oxygens (including phenoxy) is 1. The van der Waals surface area contributed by atoms with E-state index < -0.39 is 0 Å². The second kappa shape index (κ2) is 11.1. The molecule has 2 aromatic carbocycles. The van der Waals surface area contributed by atoms with Crippen molar-refractivity contribution >= 4 is 40.1 Å². The third-order valence-electron chi connectivity index (χ3n) is 5.90. The Morgan fingerprint density at radius 1 is 1.11 bits per heavy atom. The number of rotatable bonds is 10. The number of likely N-dealkylation sites (N-methyl/N-ethyl adjacent to an activating group) is 2. The molecule has 0 radical (unpaired) electrons. The Morgan fingerprint density at radius 2 is 1.86 bits per heavy atom. The van der Waals surface area contributed by atoms with E-state index in [1.165, 1.54) is 11.6 Å². The monoisotopic (exact) mass is 500 g/mol. The van der Waals surface area contributed by atoms with Gasteiger partial charge in [0.25, 0.3) is 0 Å². The van der Waals surface area contributed by atoms with Gasteiger partial charge in [-0.15, -0.1) is 0 Å². The molecular weight excluding hydrogens is 468 g/mol. The van der Waals surface area contributed by atoms with E-state index in [0.29, 0.717) is 34.2 Å². The molecule has 0 saturated carbocycles. The second-order valence-corrected chi connectivity index (χ2v) is 8.97. The highest BCUT2D eigenvalue weighted by atomic mass is 16.5. The van der Waals surface area contributed by atoms with Crippen LogP contribution in [-0.4, -0.2) is 71.7 Å². The fourth-order valence-corrected chi connectivity index (χ4v) is 3.79. The number of aryl methyl sites for hydroxylation is 1. The van der Waals surface area contributed by atoms with Gasteiger partial charge in [0, 0.05) is 31.9 Å². The van der Waals surface area contributed by atoms with Crippen LogP contribution in [0.3, 0.4) is 0 Å². The maximum Gasteiger partial charge on any atom is 0.247 e. The predicted molar refractivity (Wildman–Crippen MR) is 148 cm³/mol. The Labute approximate surface area is 216 Å². The van der Waals surface area contributed by atoms with Crippen molar-refractivity contribution in [3.8, 4) is 11.4 Å². The number of imidazole rings is 1. The van der Waals surface area contributed by atoms with Crippen molar-refractivity contribution in [3.63, 3.8) is 0 Å². The van der Waals surface area contributed by atoms with E-state index in [2.05, 4.69) is 37.0 Å². The van der Waals surface area contributed by atoms with Crippen LogP contribution in [0.4, 0.5) is 23.0 Å². The molecule has 0 spiro atoms. The van der Waals surface area contributed by atoms with Gasteiger partial charge in [-0.3, -0.25) is 9.36 Å². The molecule has 2 aromatic heterocycles. The minimum atomic E-state index is -0.307. The van der Waals surface area contributed by atoms with Crippen LogP contribution in [-0.2, 0) is 4.79 Å². The quantitative estimate of drug-likeness (QED) is 0.315. The molecular formula is C27H32N8O2. The van der Waals surface area contributed by atoms with Crippen molar-refractivity contribution < 1.29 is 9.53 Å². The lowest BCUT2D eigenvalue weighted by Crippen LogP contribution is -2.29. The first kappa shape index (κ1) is 25.6. The first-order valence-corrected chi connectivity index (χ1v) is 11.8. The van der Waals surface area contributed by atoms with E-state index in [1.54, 1.807) is 19.6 Å². The normalized spacial score (nSPS) is 11.0. The topological polar surface area (TPSA) is 100 Å². The molecule has 10 heteroatoms. The minimum Gasteiger partial charge on any atom is -0.494 e. The van der Waals surface area contributed by atoms with Crippen LogP contribution < -0.4 is 20.3 Å². The van der Waals surface area contributed by atoms with Crippen molar-refractivity contribution in [2.75, 3.05) is 56.9 Å². The van der Waals surface area contributed by atoms with Crippen LogP contribution in [0.15, 0.2) is 61.6 Å². The number of amides is 1. The summed E-state index contributed by atoms with van der Waals surface area (Å²) in [6.07, 6.45) is 4.64. The van der Waals surface area contributed by atoms with Gasteiger partial charge in [-0.25, -0.2) is 9.97 Å². The van der Waals surface area contributed by atoms with Gasteiger partial charge in [-0.1, -0.05) is 24.3 Å². The number of carbonyl (C=O) groups is 1. The molecule has 1 amide bonds. The van der Waals surface area contributed by atoms with Crippen LogP contribution in [0, 0.1) is 6.92 Å². The summed E-state index contributed by atoms with van der Waals surface area (Å²) in [6.45, 7) is 7.22. The number of hydrogen-bond acceptors (Lipinski definition) is 8. The highest BCUT2D eigenvalue weighted by Gasteiger charge is 2.17. The van der Waals surface area contributed by atoms with E-state index in [4.69, 9.17) is 9.72 Å². The van der Waals surface area contributed by atoms with E-state index in [1.807, 2.05) is 69.0 Å². The van der Waals surface area contributed by atoms with Crippen LogP contribution >= 0.6 is 0 Å². The van der Waals surface area contributed by atoms with E-state index in [0.717, 1.165) is 24.5 Å². The number of aromatic nitrogens is 4. The van der Waals surface area contributed by atoms with Crippen molar-refractivity contribution in [2.24, 2.45) is 0 Å². The van der Waals surface area contributed by atoms with Crippen LogP contribution in [0.5, 0.6) is 5.75 Å². The number of anilines is 4. The van der Waals surface area contributed by atoms with Gasteiger partial charge < -0.3 is 25.2 Å². The molecule has 0 unspecified atom stereocenters. The molecule has 0 aliphatic rings.